The van der Waals surface area contributed by atoms with Crippen molar-refractivity contribution in [3.63, 3.8) is 0 Å². The topological polar surface area (TPSA) is 9.23 Å². The van der Waals surface area contributed by atoms with E-state index in [0.29, 0.717) is 5.75 Å². The van der Waals surface area contributed by atoms with Crippen LogP contribution >= 0.6 is 0 Å². The highest BCUT2D eigenvalue weighted by molar-refractivity contribution is 5.25. The second-order valence-electron chi connectivity index (χ2n) is 2.82. The van der Waals surface area contributed by atoms with Crippen LogP contribution in [-0.2, 0) is 0 Å². The van der Waals surface area contributed by atoms with Gasteiger partial charge in [0.15, 0.2) is 0 Å². The highest BCUT2D eigenvalue weighted by atomic mass is 19.1. The fourth-order valence-corrected chi connectivity index (χ4v) is 0.911. The highest BCUT2D eigenvalue weighted by Crippen LogP contribution is 2.18. The highest BCUT2D eigenvalue weighted by Gasteiger charge is 2.30. The zero-order chi connectivity index (χ0) is 10.4. The first-order valence-corrected chi connectivity index (χ1v) is 4.10. The van der Waals surface area contributed by atoms with Gasteiger partial charge in [-0.3, -0.25) is 0 Å². The van der Waals surface area contributed by atoms with Gasteiger partial charge < -0.3 is 4.74 Å². The molecule has 0 radical (unpaired) electrons. The lowest BCUT2D eigenvalue weighted by Gasteiger charge is -2.23. The summed E-state index contributed by atoms with van der Waals surface area (Å²) in [6.45, 7) is -2.09. The van der Waals surface area contributed by atoms with Crippen LogP contribution in [0.1, 0.15) is 0 Å². The molecular weight excluding hydrogens is 186 g/mol. The summed E-state index contributed by atoms with van der Waals surface area (Å²) in [5.41, 5.74) is -1.78. The van der Waals surface area contributed by atoms with Gasteiger partial charge in [-0.2, -0.15) is 0 Å². The lowest BCUT2D eigenvalue weighted by atomic mass is 10.1. The third-order valence-corrected chi connectivity index (χ3v) is 1.75. The molecule has 0 N–H and O–H groups in total. The average molecular weight is 196 g/mol. The Kier molecular flexibility index (Phi) is 3.47. The molecule has 0 aliphatic carbocycles. The quantitative estimate of drug-likeness (QED) is 0.672. The summed E-state index contributed by atoms with van der Waals surface area (Å²) in [6.07, 6.45) is 5.02. The molecule has 0 heterocycles. The van der Waals surface area contributed by atoms with Crippen LogP contribution in [0.15, 0.2) is 30.3 Å². The largest absolute Gasteiger partial charge is 0.469 e. The summed E-state index contributed by atoms with van der Waals surface area (Å²) < 4.78 is 30.0. The molecule has 0 amide bonds. The Morgan fingerprint density at radius 3 is 2.21 bits per heavy atom. The summed E-state index contributed by atoms with van der Waals surface area (Å²) >= 11 is 0. The number of benzene rings is 1. The van der Waals surface area contributed by atoms with E-state index in [4.69, 9.17) is 11.2 Å². The summed E-state index contributed by atoms with van der Waals surface area (Å²) in [4.78, 5) is 0. The number of para-hydroxylation sites is 1. The van der Waals surface area contributed by atoms with E-state index in [1.807, 2.05) is 5.92 Å². The van der Waals surface area contributed by atoms with Crippen LogP contribution in [0.3, 0.4) is 0 Å². The number of ether oxygens (including phenoxy) is 1. The molecule has 1 rings (SSSR count). The van der Waals surface area contributed by atoms with Gasteiger partial charge in [0.25, 0.3) is 0 Å². The van der Waals surface area contributed by atoms with Crippen molar-refractivity contribution in [1.29, 1.82) is 0 Å². The Bertz CT molecular complexity index is 312. The number of rotatable bonds is 4. The molecule has 0 spiro atoms. The standard InChI is InChI=1S/C11H10F2O/c1-2-11(8-12,9-13)14-10-6-4-3-5-7-10/h1,3-7H,8-9H2. The second kappa shape index (κ2) is 4.61. The molecule has 0 saturated carbocycles. The molecule has 0 aliphatic heterocycles. The Balaban J connectivity index is 2.81. The van der Waals surface area contributed by atoms with Crippen LogP contribution < -0.4 is 4.74 Å². The molecule has 74 valence electrons. The Morgan fingerprint density at radius 1 is 1.21 bits per heavy atom. The van der Waals surface area contributed by atoms with Crippen LogP contribution in [0, 0.1) is 12.3 Å². The Labute approximate surface area is 81.7 Å². The van der Waals surface area contributed by atoms with Gasteiger partial charge in [-0.1, -0.05) is 24.1 Å². The molecule has 0 unspecified atom stereocenters. The van der Waals surface area contributed by atoms with E-state index >= 15 is 0 Å². The molecule has 0 fully saturated rings. The lowest BCUT2D eigenvalue weighted by molar-refractivity contribution is 0.0709. The van der Waals surface area contributed by atoms with Crippen molar-refractivity contribution >= 4 is 0 Å². The summed E-state index contributed by atoms with van der Waals surface area (Å²) in [5, 5.41) is 0. The predicted molar refractivity (Wildman–Crippen MR) is 50.6 cm³/mol. The molecule has 1 nitrogen and oxygen atoms in total. The van der Waals surface area contributed by atoms with Crippen molar-refractivity contribution in [1.82, 2.24) is 0 Å². The van der Waals surface area contributed by atoms with Crippen molar-refractivity contribution in [3.05, 3.63) is 30.3 Å². The summed E-state index contributed by atoms with van der Waals surface area (Å²) in [6, 6.07) is 8.37. The minimum atomic E-state index is -1.78. The third kappa shape index (κ3) is 2.23. The second-order valence-corrected chi connectivity index (χ2v) is 2.82. The smallest absolute Gasteiger partial charge is 0.225 e. The van der Waals surface area contributed by atoms with Crippen molar-refractivity contribution in [2.45, 2.75) is 5.60 Å². The first-order valence-electron chi connectivity index (χ1n) is 4.10. The first-order chi connectivity index (χ1) is 6.76. The number of alkyl halides is 2. The molecule has 0 atom stereocenters. The van der Waals surface area contributed by atoms with Crippen LogP contribution in [0.5, 0.6) is 5.75 Å². The molecule has 0 saturated heterocycles. The van der Waals surface area contributed by atoms with Gasteiger partial charge in [-0.15, -0.1) is 6.42 Å². The lowest BCUT2D eigenvalue weighted by Crippen LogP contribution is -2.39. The summed E-state index contributed by atoms with van der Waals surface area (Å²) in [5.74, 6) is 2.35. The Morgan fingerprint density at radius 2 is 1.79 bits per heavy atom. The fourth-order valence-electron chi connectivity index (χ4n) is 0.911. The van der Waals surface area contributed by atoms with Crippen LogP contribution in [0.4, 0.5) is 8.78 Å². The monoisotopic (exact) mass is 196 g/mol. The van der Waals surface area contributed by atoms with E-state index in [2.05, 4.69) is 0 Å². The van der Waals surface area contributed by atoms with E-state index in [0.717, 1.165) is 0 Å². The van der Waals surface area contributed by atoms with E-state index in [-0.39, 0.29) is 0 Å². The van der Waals surface area contributed by atoms with Gasteiger partial charge in [-0.05, 0) is 12.1 Å². The molecule has 0 aromatic heterocycles. The maximum Gasteiger partial charge on any atom is 0.225 e. The minimum absolute atomic E-state index is 0.362. The van der Waals surface area contributed by atoms with Gasteiger partial charge in [-0.25, -0.2) is 8.78 Å². The van der Waals surface area contributed by atoms with E-state index in [1.165, 1.54) is 0 Å². The van der Waals surface area contributed by atoms with Crippen molar-refractivity contribution in [3.8, 4) is 18.1 Å². The normalized spacial score (nSPS) is 10.6. The van der Waals surface area contributed by atoms with Crippen molar-refractivity contribution in [2.75, 3.05) is 13.3 Å². The van der Waals surface area contributed by atoms with Gasteiger partial charge in [0.1, 0.15) is 19.1 Å². The Hall–Kier alpha value is -1.56. The van der Waals surface area contributed by atoms with Gasteiger partial charge in [0, 0.05) is 0 Å². The van der Waals surface area contributed by atoms with Crippen molar-refractivity contribution in [2.24, 2.45) is 0 Å². The zero-order valence-electron chi connectivity index (χ0n) is 7.54. The third-order valence-electron chi connectivity index (χ3n) is 1.75. The fraction of sp³-hybridized carbons (Fsp3) is 0.273. The van der Waals surface area contributed by atoms with Gasteiger partial charge in [0.05, 0.1) is 0 Å². The number of hydrogen-bond acceptors (Lipinski definition) is 1. The van der Waals surface area contributed by atoms with E-state index in [1.54, 1.807) is 30.3 Å². The molecule has 1 aromatic carbocycles. The molecule has 1 aromatic rings. The van der Waals surface area contributed by atoms with Crippen molar-refractivity contribution < 1.29 is 13.5 Å². The van der Waals surface area contributed by atoms with Crippen LogP contribution in [0.2, 0.25) is 0 Å². The molecule has 3 heteroatoms. The number of halogens is 2. The maximum absolute atomic E-state index is 12.5. The van der Waals surface area contributed by atoms with Gasteiger partial charge in [0.2, 0.25) is 5.60 Å². The molecule has 0 bridgehead atoms. The molecular formula is C11H10F2O. The van der Waals surface area contributed by atoms with Gasteiger partial charge >= 0.3 is 0 Å². The summed E-state index contributed by atoms with van der Waals surface area (Å²) in [7, 11) is 0. The predicted octanol–water partition coefficient (Wildman–Crippen LogP) is 2.38. The van der Waals surface area contributed by atoms with E-state index < -0.39 is 19.0 Å². The first kappa shape index (κ1) is 10.5. The average Bonchev–Trinajstić information content (AvgIpc) is 2.28. The SMILES string of the molecule is C#CC(CF)(CF)Oc1ccccc1. The molecule has 14 heavy (non-hydrogen) atoms. The minimum Gasteiger partial charge on any atom is -0.469 e. The number of terminal acetylenes is 1. The van der Waals surface area contributed by atoms with Crippen LogP contribution in [0.25, 0.3) is 0 Å². The zero-order valence-corrected chi connectivity index (χ0v) is 7.54. The van der Waals surface area contributed by atoms with Crippen LogP contribution in [-0.4, -0.2) is 19.0 Å². The molecule has 0 aliphatic rings. The number of hydrogen-bond donors (Lipinski definition) is 0. The van der Waals surface area contributed by atoms with E-state index in [9.17, 15) is 8.78 Å². The maximum atomic E-state index is 12.5.